The molecule has 2 aromatic rings. The van der Waals surface area contributed by atoms with Gasteiger partial charge in [-0.1, -0.05) is 19.1 Å². The number of guanidine groups is 1. The summed E-state index contributed by atoms with van der Waals surface area (Å²) in [6.45, 7) is 7.54. The van der Waals surface area contributed by atoms with Crippen LogP contribution >= 0.6 is 11.3 Å². The van der Waals surface area contributed by atoms with Gasteiger partial charge in [0.15, 0.2) is 5.96 Å². The lowest BCUT2D eigenvalue weighted by atomic mass is 10.1. The highest BCUT2D eigenvalue weighted by Gasteiger charge is 2.11. The Kier molecular flexibility index (Phi) is 6.89. The summed E-state index contributed by atoms with van der Waals surface area (Å²) in [4.78, 5) is 10.5. The molecule has 0 atom stereocenters. The van der Waals surface area contributed by atoms with Crippen molar-refractivity contribution in [1.82, 2.24) is 15.6 Å². The molecule has 0 fully saturated rings. The van der Waals surface area contributed by atoms with Crippen molar-refractivity contribution in [2.45, 2.75) is 39.5 Å². The monoisotopic (exact) mass is 372 g/mol. The van der Waals surface area contributed by atoms with E-state index in [1.54, 1.807) is 11.3 Å². The van der Waals surface area contributed by atoms with Crippen molar-refractivity contribution < 1.29 is 4.74 Å². The average molecular weight is 373 g/mol. The van der Waals surface area contributed by atoms with Gasteiger partial charge in [0.2, 0.25) is 0 Å². The van der Waals surface area contributed by atoms with Crippen LogP contribution in [-0.2, 0) is 25.7 Å². The Balaban J connectivity index is 1.46. The lowest BCUT2D eigenvalue weighted by Crippen LogP contribution is -2.38. The number of ether oxygens (including phenoxy) is 1. The highest BCUT2D eigenvalue weighted by molar-refractivity contribution is 7.11. The number of benzene rings is 1. The molecule has 0 aliphatic carbocycles. The fourth-order valence-corrected chi connectivity index (χ4v) is 3.80. The molecule has 0 spiro atoms. The Hall–Kier alpha value is -2.08. The van der Waals surface area contributed by atoms with Crippen molar-refractivity contribution in [1.29, 1.82) is 0 Å². The molecule has 3 rings (SSSR count). The third kappa shape index (κ3) is 5.21. The van der Waals surface area contributed by atoms with Crippen molar-refractivity contribution in [2.75, 3.05) is 26.2 Å². The molecular formula is C20H28N4OS. The minimum atomic E-state index is 0.752. The molecule has 1 aliphatic rings. The molecule has 0 bridgehead atoms. The Morgan fingerprint density at radius 1 is 1.27 bits per heavy atom. The Bertz CT molecular complexity index is 741. The summed E-state index contributed by atoms with van der Waals surface area (Å²) < 4.78 is 5.57. The summed E-state index contributed by atoms with van der Waals surface area (Å²) in [5, 5.41) is 7.91. The van der Waals surface area contributed by atoms with Gasteiger partial charge in [-0.2, -0.15) is 0 Å². The molecule has 0 saturated carbocycles. The molecule has 2 heterocycles. The number of aryl methyl sites for hydroxylation is 1. The van der Waals surface area contributed by atoms with Crippen molar-refractivity contribution in [2.24, 2.45) is 4.99 Å². The molecule has 0 amide bonds. The number of aliphatic imine (C=N–C) groups is 1. The topological polar surface area (TPSA) is 58.5 Å². The van der Waals surface area contributed by atoms with Gasteiger partial charge in [-0.25, -0.2) is 4.98 Å². The van der Waals surface area contributed by atoms with Crippen LogP contribution in [-0.4, -0.2) is 37.2 Å². The van der Waals surface area contributed by atoms with Gasteiger partial charge in [-0.3, -0.25) is 4.99 Å². The minimum absolute atomic E-state index is 0.752. The molecule has 140 valence electrons. The number of hydrogen-bond donors (Lipinski definition) is 2. The molecule has 26 heavy (non-hydrogen) atoms. The van der Waals surface area contributed by atoms with Crippen molar-refractivity contribution >= 4 is 17.3 Å². The fraction of sp³-hybridized carbons (Fsp3) is 0.500. The highest BCUT2D eigenvalue weighted by atomic mass is 32.1. The van der Waals surface area contributed by atoms with E-state index < -0.39 is 0 Å². The van der Waals surface area contributed by atoms with Gasteiger partial charge in [-0.05, 0) is 37.0 Å². The Labute approximate surface area is 159 Å². The van der Waals surface area contributed by atoms with E-state index in [0.717, 1.165) is 63.6 Å². The summed E-state index contributed by atoms with van der Waals surface area (Å²) in [6, 6.07) is 6.51. The van der Waals surface area contributed by atoms with E-state index in [0.29, 0.717) is 0 Å². The second kappa shape index (κ2) is 9.57. The van der Waals surface area contributed by atoms with Crippen LogP contribution in [0.5, 0.6) is 5.75 Å². The molecule has 0 unspecified atom stereocenters. The van der Waals surface area contributed by atoms with Gasteiger partial charge < -0.3 is 15.4 Å². The highest BCUT2D eigenvalue weighted by Crippen LogP contribution is 2.25. The van der Waals surface area contributed by atoms with E-state index in [1.165, 1.54) is 21.0 Å². The van der Waals surface area contributed by atoms with Crippen LogP contribution in [0.15, 0.2) is 29.4 Å². The van der Waals surface area contributed by atoms with Gasteiger partial charge in [-0.15, -0.1) is 11.3 Å². The van der Waals surface area contributed by atoms with Gasteiger partial charge >= 0.3 is 0 Å². The van der Waals surface area contributed by atoms with Crippen LogP contribution in [0.4, 0.5) is 0 Å². The average Bonchev–Trinajstić information content (AvgIpc) is 3.30. The van der Waals surface area contributed by atoms with Crippen molar-refractivity contribution in [3.8, 4) is 5.75 Å². The summed E-state index contributed by atoms with van der Waals surface area (Å²) in [5.41, 5.74) is 2.67. The quantitative estimate of drug-likeness (QED) is 0.552. The third-order valence-corrected chi connectivity index (χ3v) is 5.55. The maximum Gasteiger partial charge on any atom is 0.191 e. The van der Waals surface area contributed by atoms with Crippen LogP contribution in [0.1, 0.15) is 34.9 Å². The predicted octanol–water partition coefficient (Wildman–Crippen LogP) is 2.98. The molecule has 1 aromatic heterocycles. The number of nitrogens with one attached hydrogen (secondary N) is 2. The molecule has 6 heteroatoms. The minimum Gasteiger partial charge on any atom is -0.493 e. The second-order valence-electron chi connectivity index (χ2n) is 6.30. The molecule has 5 nitrogen and oxygen atoms in total. The molecule has 1 aromatic carbocycles. The number of hydrogen-bond acceptors (Lipinski definition) is 4. The van der Waals surface area contributed by atoms with E-state index in [-0.39, 0.29) is 0 Å². The number of nitrogens with zero attached hydrogens (tertiary/aromatic N) is 2. The summed E-state index contributed by atoms with van der Waals surface area (Å²) in [6.07, 6.45) is 5.93. The second-order valence-corrected chi connectivity index (χ2v) is 7.50. The first-order chi connectivity index (χ1) is 12.8. The molecule has 0 saturated heterocycles. The summed E-state index contributed by atoms with van der Waals surface area (Å²) >= 11 is 1.79. The summed E-state index contributed by atoms with van der Waals surface area (Å²) in [5.74, 6) is 1.93. The van der Waals surface area contributed by atoms with Gasteiger partial charge in [0.1, 0.15) is 5.75 Å². The molecule has 2 N–H and O–H groups in total. The lowest BCUT2D eigenvalue weighted by molar-refractivity contribution is 0.357. The number of rotatable bonds is 8. The van der Waals surface area contributed by atoms with E-state index in [4.69, 9.17) is 4.74 Å². The fourth-order valence-electron chi connectivity index (χ4n) is 2.95. The number of fused-ring (bicyclic) bond motifs is 1. The first kappa shape index (κ1) is 18.7. The maximum atomic E-state index is 5.57. The van der Waals surface area contributed by atoms with E-state index >= 15 is 0 Å². The predicted molar refractivity (Wildman–Crippen MR) is 109 cm³/mol. The molecular weight excluding hydrogens is 344 g/mol. The van der Waals surface area contributed by atoms with E-state index in [1.807, 2.05) is 6.20 Å². The Morgan fingerprint density at radius 3 is 3.00 bits per heavy atom. The number of aromatic nitrogens is 1. The van der Waals surface area contributed by atoms with E-state index in [9.17, 15) is 0 Å². The zero-order valence-corrected chi connectivity index (χ0v) is 16.5. The standard InChI is InChI=1S/C20H28N4OS/c1-3-17-14-24-19(26-17)8-11-23-20(21-4-2)22-10-7-15-5-6-18-16(13-15)9-12-25-18/h5-6,13-14H,3-4,7-12H2,1-2H3,(H2,21,22,23). The van der Waals surface area contributed by atoms with Crippen LogP contribution in [0.3, 0.4) is 0 Å². The largest absolute Gasteiger partial charge is 0.493 e. The van der Waals surface area contributed by atoms with Crippen LogP contribution in [0.25, 0.3) is 0 Å². The molecule has 0 radical (unpaired) electrons. The van der Waals surface area contributed by atoms with Gasteiger partial charge in [0.05, 0.1) is 11.6 Å². The first-order valence-corrected chi connectivity index (χ1v) is 10.3. The summed E-state index contributed by atoms with van der Waals surface area (Å²) in [7, 11) is 0. The van der Waals surface area contributed by atoms with Crippen molar-refractivity contribution in [3.05, 3.63) is 45.4 Å². The zero-order valence-electron chi connectivity index (χ0n) is 15.7. The number of thiazole rings is 1. The normalized spacial score (nSPS) is 13.4. The van der Waals surface area contributed by atoms with Gasteiger partial charge in [0.25, 0.3) is 0 Å². The maximum absolute atomic E-state index is 5.57. The lowest BCUT2D eigenvalue weighted by Gasteiger charge is -2.11. The zero-order chi connectivity index (χ0) is 18.2. The third-order valence-electron chi connectivity index (χ3n) is 4.35. The van der Waals surface area contributed by atoms with Crippen LogP contribution < -0.4 is 15.4 Å². The SMILES string of the molecule is CCNC(=NCCc1ncc(CC)s1)NCCc1ccc2c(c1)CCO2. The van der Waals surface area contributed by atoms with Crippen LogP contribution in [0.2, 0.25) is 0 Å². The van der Waals surface area contributed by atoms with Crippen LogP contribution in [0, 0.1) is 0 Å². The smallest absolute Gasteiger partial charge is 0.191 e. The van der Waals surface area contributed by atoms with Gasteiger partial charge in [0, 0.05) is 43.5 Å². The molecule has 1 aliphatic heterocycles. The Morgan fingerprint density at radius 2 is 2.19 bits per heavy atom. The van der Waals surface area contributed by atoms with E-state index in [2.05, 4.69) is 52.7 Å². The first-order valence-electron chi connectivity index (χ1n) is 9.48. The van der Waals surface area contributed by atoms with Crippen molar-refractivity contribution in [3.63, 3.8) is 0 Å².